The molecule has 82 valence electrons. The molecule has 16 heavy (non-hydrogen) atoms. The Morgan fingerprint density at radius 2 is 2.12 bits per heavy atom. The van der Waals surface area contributed by atoms with Gasteiger partial charge >= 0.3 is 5.97 Å². The molecule has 5 nitrogen and oxygen atoms in total. The molecule has 2 rings (SSSR count). The summed E-state index contributed by atoms with van der Waals surface area (Å²) in [6.07, 6.45) is 0.442. The third-order valence-corrected chi connectivity index (χ3v) is 2.82. The van der Waals surface area contributed by atoms with Gasteiger partial charge in [-0.2, -0.15) is 0 Å². The summed E-state index contributed by atoms with van der Waals surface area (Å²) in [6, 6.07) is 6.83. The first-order chi connectivity index (χ1) is 7.66. The molecular formula is C10H9N3O2S. The summed E-state index contributed by atoms with van der Waals surface area (Å²) >= 11 is 1.27. The Labute approximate surface area is 95.6 Å². The first kappa shape index (κ1) is 10.6. The second-order valence-electron chi connectivity index (χ2n) is 3.17. The van der Waals surface area contributed by atoms with Crippen LogP contribution in [0.4, 0.5) is 5.13 Å². The van der Waals surface area contributed by atoms with E-state index in [-0.39, 0.29) is 5.56 Å². The van der Waals surface area contributed by atoms with Gasteiger partial charge in [-0.05, 0) is 11.6 Å². The number of hydrogen-bond donors (Lipinski definition) is 2. The topological polar surface area (TPSA) is 89.1 Å². The van der Waals surface area contributed by atoms with Crippen molar-refractivity contribution in [2.75, 3.05) is 5.73 Å². The fourth-order valence-electron chi connectivity index (χ4n) is 1.38. The summed E-state index contributed by atoms with van der Waals surface area (Å²) < 4.78 is 0. The Morgan fingerprint density at radius 3 is 2.75 bits per heavy atom. The second kappa shape index (κ2) is 4.28. The van der Waals surface area contributed by atoms with Crippen molar-refractivity contribution >= 4 is 22.4 Å². The minimum absolute atomic E-state index is 0.288. The van der Waals surface area contributed by atoms with Gasteiger partial charge in [0, 0.05) is 6.42 Å². The van der Waals surface area contributed by atoms with E-state index in [4.69, 9.17) is 10.8 Å². The number of nitrogen functional groups attached to an aromatic ring is 1. The number of hydrogen-bond acceptors (Lipinski definition) is 5. The fourth-order valence-corrected chi connectivity index (χ4v) is 2.02. The lowest BCUT2D eigenvalue weighted by atomic mass is 10.1. The molecule has 3 N–H and O–H groups in total. The van der Waals surface area contributed by atoms with Crippen LogP contribution in [0.2, 0.25) is 0 Å². The van der Waals surface area contributed by atoms with Crippen LogP contribution in [0.15, 0.2) is 24.3 Å². The van der Waals surface area contributed by atoms with Crippen LogP contribution in [0.25, 0.3) is 0 Å². The zero-order chi connectivity index (χ0) is 11.5. The minimum Gasteiger partial charge on any atom is -0.478 e. The largest absolute Gasteiger partial charge is 0.478 e. The summed E-state index contributed by atoms with van der Waals surface area (Å²) in [5.41, 5.74) is 6.46. The molecule has 0 saturated heterocycles. The van der Waals surface area contributed by atoms with E-state index < -0.39 is 5.97 Å². The van der Waals surface area contributed by atoms with Gasteiger partial charge in [-0.1, -0.05) is 29.5 Å². The van der Waals surface area contributed by atoms with Gasteiger partial charge in [0.25, 0.3) is 0 Å². The molecular weight excluding hydrogens is 226 g/mol. The number of aromatic nitrogens is 2. The van der Waals surface area contributed by atoms with Crippen LogP contribution < -0.4 is 5.73 Å². The number of carboxylic acids is 1. The molecule has 1 heterocycles. The van der Waals surface area contributed by atoms with Crippen LogP contribution >= 0.6 is 11.3 Å². The van der Waals surface area contributed by atoms with Crippen LogP contribution in [-0.4, -0.2) is 21.3 Å². The Kier molecular flexibility index (Phi) is 2.82. The van der Waals surface area contributed by atoms with Crippen molar-refractivity contribution < 1.29 is 9.90 Å². The van der Waals surface area contributed by atoms with Gasteiger partial charge in [0.1, 0.15) is 5.01 Å². The molecule has 0 saturated carbocycles. The molecule has 1 aromatic heterocycles. The van der Waals surface area contributed by atoms with Crippen molar-refractivity contribution in [3.05, 3.63) is 40.4 Å². The van der Waals surface area contributed by atoms with Crippen molar-refractivity contribution in [2.45, 2.75) is 6.42 Å². The van der Waals surface area contributed by atoms with E-state index in [1.807, 2.05) is 0 Å². The SMILES string of the molecule is Nc1nnc(Cc2ccccc2C(=O)O)s1. The Hall–Kier alpha value is -1.95. The van der Waals surface area contributed by atoms with Crippen LogP contribution in [0, 0.1) is 0 Å². The third kappa shape index (κ3) is 2.17. The highest BCUT2D eigenvalue weighted by Gasteiger charge is 2.11. The maximum Gasteiger partial charge on any atom is 0.335 e. The molecule has 0 fully saturated rings. The lowest BCUT2D eigenvalue weighted by Crippen LogP contribution is -2.02. The second-order valence-corrected chi connectivity index (χ2v) is 4.27. The summed E-state index contributed by atoms with van der Waals surface area (Å²) in [7, 11) is 0. The normalized spacial score (nSPS) is 10.2. The number of anilines is 1. The van der Waals surface area contributed by atoms with Gasteiger partial charge in [0.2, 0.25) is 5.13 Å². The van der Waals surface area contributed by atoms with Crippen LogP contribution in [-0.2, 0) is 6.42 Å². The highest BCUT2D eigenvalue weighted by atomic mass is 32.1. The number of carbonyl (C=O) groups is 1. The van der Waals surface area contributed by atoms with E-state index in [0.29, 0.717) is 22.1 Å². The number of aromatic carboxylic acids is 1. The predicted molar refractivity (Wildman–Crippen MR) is 60.5 cm³/mol. The number of benzene rings is 1. The van der Waals surface area contributed by atoms with Gasteiger partial charge < -0.3 is 10.8 Å². The number of rotatable bonds is 3. The molecule has 0 unspecified atom stereocenters. The van der Waals surface area contributed by atoms with E-state index >= 15 is 0 Å². The summed E-state index contributed by atoms with van der Waals surface area (Å²) in [4.78, 5) is 11.0. The predicted octanol–water partition coefficient (Wildman–Crippen LogP) is 1.41. The quantitative estimate of drug-likeness (QED) is 0.839. The Bertz CT molecular complexity index is 524. The van der Waals surface area contributed by atoms with E-state index in [1.165, 1.54) is 11.3 Å². The molecule has 0 spiro atoms. The summed E-state index contributed by atoms with van der Waals surface area (Å²) in [6.45, 7) is 0. The smallest absolute Gasteiger partial charge is 0.335 e. The molecule has 0 bridgehead atoms. The van der Waals surface area contributed by atoms with E-state index in [9.17, 15) is 4.79 Å². The maximum atomic E-state index is 11.0. The first-order valence-corrected chi connectivity index (χ1v) is 5.37. The lowest BCUT2D eigenvalue weighted by molar-refractivity contribution is 0.0696. The first-order valence-electron chi connectivity index (χ1n) is 4.56. The number of nitrogens with two attached hydrogens (primary N) is 1. The third-order valence-electron chi connectivity index (χ3n) is 2.07. The zero-order valence-electron chi connectivity index (χ0n) is 8.25. The minimum atomic E-state index is -0.937. The summed E-state index contributed by atoms with van der Waals surface area (Å²) in [5, 5.41) is 17.6. The fraction of sp³-hybridized carbons (Fsp3) is 0.100. The molecule has 0 aliphatic rings. The molecule has 1 aromatic carbocycles. The van der Waals surface area contributed by atoms with Crippen molar-refractivity contribution in [1.82, 2.24) is 10.2 Å². The number of carboxylic acid groups (broad SMARTS) is 1. The molecule has 0 amide bonds. The Balaban J connectivity index is 2.31. The van der Waals surface area contributed by atoms with Gasteiger partial charge in [0.15, 0.2) is 0 Å². The maximum absolute atomic E-state index is 11.0. The highest BCUT2D eigenvalue weighted by Crippen LogP contribution is 2.18. The lowest BCUT2D eigenvalue weighted by Gasteiger charge is -2.02. The van der Waals surface area contributed by atoms with Crippen molar-refractivity contribution in [3.8, 4) is 0 Å². The summed E-state index contributed by atoms with van der Waals surface area (Å²) in [5.74, 6) is -0.937. The number of nitrogens with zero attached hydrogens (tertiary/aromatic N) is 2. The molecule has 0 aliphatic heterocycles. The average molecular weight is 235 g/mol. The molecule has 6 heteroatoms. The van der Waals surface area contributed by atoms with Crippen LogP contribution in [0.1, 0.15) is 20.9 Å². The van der Waals surface area contributed by atoms with E-state index in [2.05, 4.69) is 10.2 Å². The molecule has 2 aromatic rings. The van der Waals surface area contributed by atoms with Crippen molar-refractivity contribution in [3.63, 3.8) is 0 Å². The molecule has 0 radical (unpaired) electrons. The van der Waals surface area contributed by atoms with E-state index in [1.54, 1.807) is 24.3 Å². The van der Waals surface area contributed by atoms with Gasteiger partial charge in [-0.15, -0.1) is 10.2 Å². The standard InChI is InChI=1S/C10H9N3O2S/c11-10-13-12-8(16-10)5-6-3-1-2-4-7(6)9(14)15/h1-4H,5H2,(H2,11,13)(H,14,15). The van der Waals surface area contributed by atoms with Crippen molar-refractivity contribution in [1.29, 1.82) is 0 Å². The molecule has 0 atom stereocenters. The molecule has 0 aliphatic carbocycles. The van der Waals surface area contributed by atoms with Gasteiger partial charge in [-0.3, -0.25) is 0 Å². The van der Waals surface area contributed by atoms with Crippen LogP contribution in [0.3, 0.4) is 0 Å². The van der Waals surface area contributed by atoms with Gasteiger partial charge in [0.05, 0.1) is 5.56 Å². The average Bonchev–Trinajstić information content (AvgIpc) is 2.64. The van der Waals surface area contributed by atoms with Gasteiger partial charge in [-0.25, -0.2) is 4.79 Å². The van der Waals surface area contributed by atoms with Crippen molar-refractivity contribution in [2.24, 2.45) is 0 Å². The zero-order valence-corrected chi connectivity index (χ0v) is 9.07. The Morgan fingerprint density at radius 1 is 1.38 bits per heavy atom. The van der Waals surface area contributed by atoms with Crippen LogP contribution in [0.5, 0.6) is 0 Å². The monoisotopic (exact) mass is 235 g/mol. The van der Waals surface area contributed by atoms with E-state index in [0.717, 1.165) is 0 Å². The highest BCUT2D eigenvalue weighted by molar-refractivity contribution is 7.15.